The van der Waals surface area contributed by atoms with Crippen LogP contribution in [0, 0.1) is 5.82 Å². The van der Waals surface area contributed by atoms with Gasteiger partial charge in [0.05, 0.1) is 18.2 Å². The Balaban J connectivity index is 1.42. The van der Waals surface area contributed by atoms with Crippen LogP contribution in [-0.2, 0) is 6.42 Å². The van der Waals surface area contributed by atoms with E-state index in [1.54, 1.807) is 7.11 Å². The first-order valence-corrected chi connectivity index (χ1v) is 12.0. The second kappa shape index (κ2) is 10.7. The molecule has 0 saturated carbocycles. The standard InChI is InChI=1S/C28H31ClFNO2/c1-3-25(28(32)22-8-12-24-21(18-22)9-13-26(33-2)27(24)29)31-16-14-20(15-17-31)5-4-19-6-10-23(30)11-7-19/h5-13,18,25,28,32H,3-4,14-17H2,1-2H3/t25-,28+/m0/s1. The molecule has 1 fully saturated rings. The molecule has 1 N–H and O–H groups in total. The van der Waals surface area contributed by atoms with Crippen LogP contribution in [0.3, 0.4) is 0 Å². The van der Waals surface area contributed by atoms with Gasteiger partial charge in [0.1, 0.15) is 11.6 Å². The Hall–Kier alpha value is -2.40. The zero-order valence-electron chi connectivity index (χ0n) is 19.2. The predicted octanol–water partition coefficient (Wildman–Crippen LogP) is 6.72. The summed E-state index contributed by atoms with van der Waals surface area (Å²) in [5.41, 5.74) is 3.48. The number of fused-ring (bicyclic) bond motifs is 1. The summed E-state index contributed by atoms with van der Waals surface area (Å²) in [6.45, 7) is 4.00. The fourth-order valence-electron chi connectivity index (χ4n) is 4.76. The topological polar surface area (TPSA) is 32.7 Å². The third-order valence-corrected chi connectivity index (χ3v) is 7.13. The molecule has 174 valence electrons. The highest BCUT2D eigenvalue weighted by Gasteiger charge is 2.28. The summed E-state index contributed by atoms with van der Waals surface area (Å²) in [4.78, 5) is 2.41. The van der Waals surface area contributed by atoms with Crippen LogP contribution in [0.25, 0.3) is 10.8 Å². The number of allylic oxidation sites excluding steroid dienone is 1. The molecule has 0 bridgehead atoms. The lowest BCUT2D eigenvalue weighted by Crippen LogP contribution is -2.43. The van der Waals surface area contributed by atoms with Crippen LogP contribution >= 0.6 is 11.6 Å². The molecule has 0 unspecified atom stereocenters. The average molecular weight is 468 g/mol. The molecule has 5 heteroatoms. The Morgan fingerprint density at radius 2 is 1.82 bits per heavy atom. The summed E-state index contributed by atoms with van der Waals surface area (Å²) in [5, 5.41) is 13.8. The number of halogens is 2. The fraction of sp³-hybridized carbons (Fsp3) is 0.357. The molecule has 33 heavy (non-hydrogen) atoms. The lowest BCUT2D eigenvalue weighted by molar-refractivity contribution is 0.0411. The Labute approximate surface area is 200 Å². The molecule has 1 saturated heterocycles. The molecule has 2 atom stereocenters. The largest absolute Gasteiger partial charge is 0.495 e. The highest BCUT2D eigenvalue weighted by molar-refractivity contribution is 6.37. The number of piperidine rings is 1. The Bertz CT molecular complexity index is 1120. The van der Waals surface area contributed by atoms with Crippen molar-refractivity contribution in [1.82, 2.24) is 4.90 Å². The number of rotatable bonds is 7. The molecule has 0 aromatic heterocycles. The minimum atomic E-state index is -0.565. The number of hydrogen-bond acceptors (Lipinski definition) is 3. The molecule has 0 radical (unpaired) electrons. The predicted molar refractivity (Wildman–Crippen MR) is 134 cm³/mol. The summed E-state index contributed by atoms with van der Waals surface area (Å²) in [5.74, 6) is 0.457. The van der Waals surface area contributed by atoms with Crippen molar-refractivity contribution in [3.8, 4) is 5.75 Å². The fourth-order valence-corrected chi connectivity index (χ4v) is 5.08. The summed E-state index contributed by atoms with van der Waals surface area (Å²) >= 11 is 6.45. The van der Waals surface area contributed by atoms with Gasteiger partial charge in [0.2, 0.25) is 0 Å². The molecule has 1 aliphatic rings. The van der Waals surface area contributed by atoms with Crippen molar-refractivity contribution in [1.29, 1.82) is 0 Å². The van der Waals surface area contributed by atoms with Crippen molar-refractivity contribution < 1.29 is 14.2 Å². The average Bonchev–Trinajstić information content (AvgIpc) is 2.85. The van der Waals surface area contributed by atoms with Crippen molar-refractivity contribution >= 4 is 22.4 Å². The first-order chi connectivity index (χ1) is 16.0. The zero-order chi connectivity index (χ0) is 23.4. The van der Waals surface area contributed by atoms with Gasteiger partial charge >= 0.3 is 0 Å². The molecule has 0 amide bonds. The highest BCUT2D eigenvalue weighted by Crippen LogP contribution is 2.35. The van der Waals surface area contributed by atoms with E-state index in [0.29, 0.717) is 10.8 Å². The van der Waals surface area contributed by atoms with Gasteiger partial charge in [-0.3, -0.25) is 4.90 Å². The molecule has 3 aromatic carbocycles. The van der Waals surface area contributed by atoms with Crippen LogP contribution in [0.2, 0.25) is 5.02 Å². The molecule has 3 nitrogen and oxygen atoms in total. The molecular formula is C28H31ClFNO2. The minimum absolute atomic E-state index is 0.0646. The highest BCUT2D eigenvalue weighted by atomic mass is 35.5. The quantitative estimate of drug-likeness (QED) is 0.391. The maximum Gasteiger partial charge on any atom is 0.138 e. The van der Waals surface area contributed by atoms with E-state index < -0.39 is 6.10 Å². The van der Waals surface area contributed by atoms with Crippen molar-refractivity contribution in [3.05, 3.63) is 88.2 Å². The maximum atomic E-state index is 13.1. The normalized spacial score (nSPS) is 16.6. The van der Waals surface area contributed by atoms with E-state index in [1.807, 2.05) is 42.5 Å². The number of aliphatic hydroxyl groups is 1. The molecule has 0 spiro atoms. The number of hydrogen-bond donors (Lipinski definition) is 1. The van der Waals surface area contributed by atoms with E-state index in [1.165, 1.54) is 17.7 Å². The number of likely N-dealkylation sites (tertiary alicyclic amines) is 1. The van der Waals surface area contributed by atoms with Gasteiger partial charge < -0.3 is 9.84 Å². The first-order valence-electron chi connectivity index (χ1n) is 11.6. The van der Waals surface area contributed by atoms with Gasteiger partial charge in [0, 0.05) is 24.5 Å². The summed E-state index contributed by atoms with van der Waals surface area (Å²) in [7, 11) is 1.61. The van der Waals surface area contributed by atoms with E-state index in [2.05, 4.69) is 17.9 Å². The van der Waals surface area contributed by atoms with E-state index in [0.717, 1.165) is 60.7 Å². The second-order valence-corrected chi connectivity index (χ2v) is 9.09. The second-order valence-electron chi connectivity index (χ2n) is 8.71. The first kappa shape index (κ1) is 23.7. The summed E-state index contributed by atoms with van der Waals surface area (Å²) in [6.07, 6.45) is 5.42. The number of nitrogens with zero attached hydrogens (tertiary/aromatic N) is 1. The van der Waals surface area contributed by atoms with Crippen LogP contribution in [0.15, 0.2) is 66.2 Å². The third kappa shape index (κ3) is 5.40. The SMILES string of the molecule is CC[C@@H]([C@H](O)c1ccc2c(Cl)c(OC)ccc2c1)N1CCC(=CCc2ccc(F)cc2)CC1. The van der Waals surface area contributed by atoms with Gasteiger partial charge in [-0.2, -0.15) is 0 Å². The molecule has 1 aliphatic heterocycles. The van der Waals surface area contributed by atoms with E-state index in [9.17, 15) is 9.50 Å². The number of benzene rings is 3. The summed E-state index contributed by atoms with van der Waals surface area (Å²) < 4.78 is 18.4. The monoisotopic (exact) mass is 467 g/mol. The van der Waals surface area contributed by atoms with Crippen molar-refractivity contribution in [3.63, 3.8) is 0 Å². The van der Waals surface area contributed by atoms with Crippen LogP contribution in [-0.4, -0.2) is 36.2 Å². The Kier molecular flexibility index (Phi) is 7.69. The van der Waals surface area contributed by atoms with Gasteiger partial charge in [-0.25, -0.2) is 4.39 Å². The van der Waals surface area contributed by atoms with Crippen LogP contribution in [0.5, 0.6) is 5.75 Å². The lowest BCUT2D eigenvalue weighted by atomic mass is 9.93. The number of ether oxygens (including phenoxy) is 1. The summed E-state index contributed by atoms with van der Waals surface area (Å²) in [6, 6.07) is 16.6. The molecule has 0 aliphatic carbocycles. The molecule has 3 aromatic rings. The van der Waals surface area contributed by atoms with E-state index in [-0.39, 0.29) is 11.9 Å². The number of aliphatic hydroxyl groups excluding tert-OH is 1. The van der Waals surface area contributed by atoms with Crippen molar-refractivity contribution in [2.24, 2.45) is 0 Å². The molecular weight excluding hydrogens is 437 g/mol. The Morgan fingerprint density at radius 3 is 2.48 bits per heavy atom. The van der Waals surface area contributed by atoms with Crippen molar-refractivity contribution in [2.45, 2.75) is 44.8 Å². The zero-order valence-corrected chi connectivity index (χ0v) is 20.0. The smallest absolute Gasteiger partial charge is 0.138 e. The lowest BCUT2D eigenvalue weighted by Gasteiger charge is -2.38. The number of methoxy groups -OCH3 is 1. The third-order valence-electron chi connectivity index (χ3n) is 6.74. The van der Waals surface area contributed by atoms with Crippen molar-refractivity contribution in [2.75, 3.05) is 20.2 Å². The van der Waals surface area contributed by atoms with Gasteiger partial charge in [-0.1, -0.05) is 60.5 Å². The van der Waals surface area contributed by atoms with Gasteiger partial charge in [-0.05, 0) is 66.5 Å². The maximum absolute atomic E-state index is 13.1. The van der Waals surface area contributed by atoms with Crippen LogP contribution < -0.4 is 4.74 Å². The Morgan fingerprint density at radius 1 is 1.09 bits per heavy atom. The van der Waals surface area contributed by atoms with E-state index >= 15 is 0 Å². The molecule has 1 heterocycles. The van der Waals surface area contributed by atoms with Crippen LogP contribution in [0.4, 0.5) is 4.39 Å². The van der Waals surface area contributed by atoms with Gasteiger partial charge in [0.25, 0.3) is 0 Å². The van der Waals surface area contributed by atoms with Gasteiger partial charge in [-0.15, -0.1) is 0 Å². The minimum Gasteiger partial charge on any atom is -0.495 e. The van der Waals surface area contributed by atoms with Crippen LogP contribution in [0.1, 0.15) is 43.4 Å². The van der Waals surface area contributed by atoms with Gasteiger partial charge in [0.15, 0.2) is 0 Å². The van der Waals surface area contributed by atoms with E-state index in [4.69, 9.17) is 16.3 Å². The molecule has 4 rings (SSSR count).